The third kappa shape index (κ3) is 4.52. The Morgan fingerprint density at radius 3 is 2.52 bits per heavy atom. The van der Waals surface area contributed by atoms with Crippen LogP contribution in [-0.4, -0.2) is 35.7 Å². The molecule has 0 aliphatic rings. The summed E-state index contributed by atoms with van der Waals surface area (Å²) < 4.78 is 23.4. The van der Waals surface area contributed by atoms with Crippen LogP contribution in [-0.2, 0) is 9.84 Å². The maximum absolute atomic E-state index is 12.5. The lowest BCUT2D eigenvalue weighted by Crippen LogP contribution is -2.13. The number of carbonyl (C=O) groups excluding carboxylic acids is 1. The Bertz CT molecular complexity index is 1260. The molecule has 1 amide bonds. The fourth-order valence-corrected chi connectivity index (χ4v) is 3.41. The fraction of sp³-hybridized carbons (Fsp3) is 0.0556. The number of carbonyl (C=O) groups is 1. The number of nitrogens with one attached hydrogen (secondary N) is 2. The zero-order chi connectivity index (χ0) is 21.2. The zero-order valence-corrected chi connectivity index (χ0v) is 15.8. The van der Waals surface area contributed by atoms with E-state index in [-0.39, 0.29) is 11.1 Å². The topological polar surface area (TPSA) is 152 Å². The molecule has 2 aromatic carbocycles. The first-order chi connectivity index (χ1) is 13.6. The molecule has 2 N–H and O–H groups in total. The Labute approximate surface area is 164 Å². The first kappa shape index (κ1) is 19.9. The molecule has 11 heteroatoms. The smallest absolute Gasteiger partial charge is 0.288 e. The molecule has 3 aromatic rings. The minimum atomic E-state index is -3.82. The molecule has 0 saturated carbocycles. The van der Waals surface area contributed by atoms with Crippen molar-refractivity contribution >= 4 is 27.1 Å². The molecule has 1 aromatic heterocycles. The molecule has 0 aliphatic carbocycles. The number of aromatic nitrogens is 2. The highest BCUT2D eigenvalue weighted by Crippen LogP contribution is 2.26. The zero-order valence-electron chi connectivity index (χ0n) is 14.9. The van der Waals surface area contributed by atoms with Gasteiger partial charge in [0.05, 0.1) is 10.6 Å². The van der Waals surface area contributed by atoms with Crippen molar-refractivity contribution in [3.63, 3.8) is 0 Å². The lowest BCUT2D eigenvalue weighted by atomic mass is 10.1. The van der Waals surface area contributed by atoms with Gasteiger partial charge in [-0.1, -0.05) is 12.1 Å². The number of nitro benzene ring substituents is 1. The number of rotatable bonds is 5. The largest absolute Gasteiger partial charge is 0.322 e. The number of amides is 1. The number of nitro groups is 1. The predicted octanol–water partition coefficient (Wildman–Crippen LogP) is 2.00. The highest BCUT2D eigenvalue weighted by atomic mass is 32.2. The number of benzene rings is 2. The molecule has 3 rings (SSSR count). The van der Waals surface area contributed by atoms with Gasteiger partial charge in [0.2, 0.25) is 0 Å². The Kier molecular flexibility index (Phi) is 5.24. The Balaban J connectivity index is 1.90. The van der Waals surface area contributed by atoms with Crippen LogP contribution in [0.4, 0.5) is 11.4 Å². The van der Waals surface area contributed by atoms with E-state index in [0.717, 1.165) is 18.4 Å². The number of anilines is 1. The summed E-state index contributed by atoms with van der Waals surface area (Å²) in [4.78, 5) is 33.5. The van der Waals surface area contributed by atoms with Crippen LogP contribution in [0.1, 0.15) is 10.4 Å². The van der Waals surface area contributed by atoms with E-state index in [1.807, 2.05) is 0 Å². The van der Waals surface area contributed by atoms with Gasteiger partial charge in [0, 0.05) is 35.2 Å². The Morgan fingerprint density at radius 1 is 1.14 bits per heavy atom. The van der Waals surface area contributed by atoms with Gasteiger partial charge in [0.25, 0.3) is 17.2 Å². The summed E-state index contributed by atoms with van der Waals surface area (Å²) in [6.07, 6.45) is 0.853. The number of hydrogen-bond donors (Lipinski definition) is 2. The van der Waals surface area contributed by atoms with Gasteiger partial charge < -0.3 is 5.32 Å². The lowest BCUT2D eigenvalue weighted by molar-refractivity contribution is -0.387. The van der Waals surface area contributed by atoms with Crippen LogP contribution in [0.3, 0.4) is 0 Å². The van der Waals surface area contributed by atoms with Crippen LogP contribution in [0.15, 0.2) is 64.3 Å². The van der Waals surface area contributed by atoms with Crippen molar-refractivity contribution in [1.82, 2.24) is 10.2 Å². The summed E-state index contributed by atoms with van der Waals surface area (Å²) in [7, 11) is -3.82. The average Bonchev–Trinajstić information content (AvgIpc) is 2.67. The van der Waals surface area contributed by atoms with E-state index in [4.69, 9.17) is 0 Å². The molecule has 29 heavy (non-hydrogen) atoms. The van der Waals surface area contributed by atoms with Gasteiger partial charge in [0.15, 0.2) is 9.84 Å². The molecule has 148 valence electrons. The van der Waals surface area contributed by atoms with E-state index in [2.05, 4.69) is 15.5 Å². The number of nitrogens with zero attached hydrogens (tertiary/aromatic N) is 2. The summed E-state index contributed by atoms with van der Waals surface area (Å²) in [6, 6.07) is 12.6. The van der Waals surface area contributed by atoms with Gasteiger partial charge in [-0.2, -0.15) is 5.10 Å². The molecular weight excluding hydrogens is 400 g/mol. The molecule has 0 bridgehead atoms. The van der Waals surface area contributed by atoms with Gasteiger partial charge in [-0.05, 0) is 30.3 Å². The van der Waals surface area contributed by atoms with Gasteiger partial charge in [-0.15, -0.1) is 0 Å². The standard InChI is InChI=1S/C18H14N4O6S/c1-29(27,28)16-7-5-12(10-15(16)22(25)26)18(24)19-13-4-2-3-11(9-13)14-6-8-17(23)21-20-14/h2-10H,1H3,(H,19,24)(H,21,23). The average molecular weight is 414 g/mol. The minimum absolute atomic E-state index is 0.0725. The maximum atomic E-state index is 12.5. The summed E-state index contributed by atoms with van der Waals surface area (Å²) >= 11 is 0. The normalized spacial score (nSPS) is 11.1. The van der Waals surface area contributed by atoms with Gasteiger partial charge in [-0.3, -0.25) is 19.7 Å². The lowest BCUT2D eigenvalue weighted by Gasteiger charge is -2.08. The summed E-state index contributed by atoms with van der Waals surface area (Å²) in [5, 5.41) is 20.0. The van der Waals surface area contributed by atoms with E-state index in [0.29, 0.717) is 16.9 Å². The fourth-order valence-electron chi connectivity index (χ4n) is 2.58. The molecule has 0 radical (unpaired) electrons. The van der Waals surface area contributed by atoms with Crippen molar-refractivity contribution < 1.29 is 18.1 Å². The van der Waals surface area contributed by atoms with Crippen molar-refractivity contribution in [3.05, 3.63) is 80.6 Å². The van der Waals surface area contributed by atoms with Crippen molar-refractivity contribution in [2.75, 3.05) is 11.6 Å². The number of aromatic amines is 1. The van der Waals surface area contributed by atoms with Crippen LogP contribution in [0, 0.1) is 10.1 Å². The third-order valence-corrected chi connectivity index (χ3v) is 5.06. The van der Waals surface area contributed by atoms with Crippen LogP contribution in [0.5, 0.6) is 0 Å². The second-order valence-corrected chi connectivity index (χ2v) is 8.04. The first-order valence-electron chi connectivity index (χ1n) is 8.11. The summed E-state index contributed by atoms with van der Waals surface area (Å²) in [5.41, 5.74) is 0.391. The van der Waals surface area contributed by atoms with Crippen LogP contribution in [0.25, 0.3) is 11.3 Å². The van der Waals surface area contributed by atoms with Gasteiger partial charge in [-0.25, -0.2) is 13.5 Å². The van der Waals surface area contributed by atoms with E-state index in [1.165, 1.54) is 18.2 Å². The molecule has 1 heterocycles. The van der Waals surface area contributed by atoms with Crippen molar-refractivity contribution in [3.8, 4) is 11.3 Å². The molecule has 0 saturated heterocycles. The molecule has 0 unspecified atom stereocenters. The minimum Gasteiger partial charge on any atom is -0.322 e. The molecule has 0 aliphatic heterocycles. The second-order valence-electron chi connectivity index (χ2n) is 6.05. The maximum Gasteiger partial charge on any atom is 0.288 e. The molecule has 10 nitrogen and oxygen atoms in total. The summed E-state index contributed by atoms with van der Waals surface area (Å²) in [6.45, 7) is 0. The van der Waals surface area contributed by atoms with Crippen LogP contribution in [0.2, 0.25) is 0 Å². The molecule has 0 spiro atoms. The van der Waals surface area contributed by atoms with Crippen molar-refractivity contribution in [2.45, 2.75) is 4.90 Å². The Hall–Kier alpha value is -3.86. The monoisotopic (exact) mass is 414 g/mol. The molecule has 0 fully saturated rings. The quantitative estimate of drug-likeness (QED) is 0.478. The molecule has 0 atom stereocenters. The first-order valence-corrected chi connectivity index (χ1v) is 10.0. The number of sulfone groups is 1. The Morgan fingerprint density at radius 2 is 1.90 bits per heavy atom. The summed E-state index contributed by atoms with van der Waals surface area (Å²) in [5.74, 6) is -0.653. The van der Waals surface area contributed by atoms with Gasteiger partial charge in [0.1, 0.15) is 4.90 Å². The van der Waals surface area contributed by atoms with Crippen LogP contribution >= 0.6 is 0 Å². The van der Waals surface area contributed by atoms with E-state index in [1.54, 1.807) is 24.3 Å². The molecular formula is C18H14N4O6S. The van der Waals surface area contributed by atoms with Crippen LogP contribution < -0.4 is 10.9 Å². The highest BCUT2D eigenvalue weighted by molar-refractivity contribution is 7.90. The van der Waals surface area contributed by atoms with E-state index < -0.39 is 31.3 Å². The van der Waals surface area contributed by atoms with Gasteiger partial charge >= 0.3 is 0 Å². The van der Waals surface area contributed by atoms with E-state index >= 15 is 0 Å². The predicted molar refractivity (Wildman–Crippen MR) is 104 cm³/mol. The number of H-pyrrole nitrogens is 1. The highest BCUT2D eigenvalue weighted by Gasteiger charge is 2.24. The number of hydrogen-bond acceptors (Lipinski definition) is 7. The van der Waals surface area contributed by atoms with Crippen molar-refractivity contribution in [1.29, 1.82) is 0 Å². The SMILES string of the molecule is CS(=O)(=O)c1ccc(C(=O)Nc2cccc(-c3ccc(=O)[nH]n3)c2)cc1[N+](=O)[O-]. The van der Waals surface area contributed by atoms with Crippen molar-refractivity contribution in [2.24, 2.45) is 0 Å². The third-order valence-electron chi connectivity index (χ3n) is 3.91. The second kappa shape index (κ2) is 7.64. The van der Waals surface area contributed by atoms with E-state index in [9.17, 15) is 28.1 Å².